The lowest BCUT2D eigenvalue weighted by Gasteiger charge is -2.14. The van der Waals surface area contributed by atoms with Crippen LogP contribution in [0.3, 0.4) is 0 Å². The van der Waals surface area contributed by atoms with E-state index in [-0.39, 0.29) is 0 Å². The molecule has 0 atom stereocenters. The maximum Gasteiger partial charge on any atom is 0.343 e. The molecule has 3 aromatic carbocycles. The van der Waals surface area contributed by atoms with Gasteiger partial charge in [-0.2, -0.15) is 0 Å². The number of carbonyl (C=O) groups excluding carboxylic acids is 3. The summed E-state index contributed by atoms with van der Waals surface area (Å²) < 4.78 is 26.8. The summed E-state index contributed by atoms with van der Waals surface area (Å²) in [5, 5.41) is 0. The van der Waals surface area contributed by atoms with Crippen molar-refractivity contribution < 1.29 is 38.1 Å². The van der Waals surface area contributed by atoms with Gasteiger partial charge in [-0.3, -0.25) is 0 Å². The molecule has 198 valence electrons. The van der Waals surface area contributed by atoms with Gasteiger partial charge in [-0.05, 0) is 98.5 Å². The van der Waals surface area contributed by atoms with Crippen LogP contribution in [0.15, 0.2) is 73.3 Å². The van der Waals surface area contributed by atoms with Gasteiger partial charge in [-0.25, -0.2) is 14.4 Å². The molecular formula is C30H30O8. The van der Waals surface area contributed by atoms with E-state index in [4.69, 9.17) is 23.7 Å². The Morgan fingerprint density at radius 3 is 1.66 bits per heavy atom. The van der Waals surface area contributed by atoms with Crippen molar-refractivity contribution in [3.63, 3.8) is 0 Å². The summed E-state index contributed by atoms with van der Waals surface area (Å²) >= 11 is 0. The maximum atomic E-state index is 12.7. The predicted molar refractivity (Wildman–Crippen MR) is 141 cm³/mol. The van der Waals surface area contributed by atoms with E-state index in [2.05, 4.69) is 6.58 Å². The Bertz CT molecular complexity index is 1280. The fourth-order valence-corrected chi connectivity index (χ4v) is 3.35. The molecule has 0 amide bonds. The van der Waals surface area contributed by atoms with E-state index in [0.29, 0.717) is 71.3 Å². The van der Waals surface area contributed by atoms with Gasteiger partial charge in [0.25, 0.3) is 0 Å². The van der Waals surface area contributed by atoms with E-state index in [1.807, 2.05) is 0 Å². The molecule has 0 saturated heterocycles. The summed E-state index contributed by atoms with van der Waals surface area (Å²) in [5.41, 5.74) is 2.11. The lowest BCUT2D eigenvalue weighted by atomic mass is 10.1. The molecular weight excluding hydrogens is 488 g/mol. The van der Waals surface area contributed by atoms with E-state index < -0.39 is 17.9 Å². The summed E-state index contributed by atoms with van der Waals surface area (Å²) in [6.45, 7) is 7.68. The van der Waals surface area contributed by atoms with Crippen LogP contribution < -0.4 is 18.9 Å². The molecule has 8 heteroatoms. The highest BCUT2D eigenvalue weighted by Gasteiger charge is 2.16. The normalized spacial score (nSPS) is 10.3. The van der Waals surface area contributed by atoms with Crippen molar-refractivity contribution in [2.75, 3.05) is 20.3 Å². The molecule has 0 unspecified atom stereocenters. The number of ether oxygens (including phenoxy) is 5. The Labute approximate surface area is 221 Å². The second-order valence-electron chi connectivity index (χ2n) is 8.27. The number of hydrogen-bond donors (Lipinski definition) is 0. The Morgan fingerprint density at radius 2 is 1.18 bits per heavy atom. The standard InChI is InChI=1S/C30H30O8/c1-5-28(31)36-19-7-6-18-35-25-14-10-23(11-15-25)30(33)38-27-17-16-26(20(2)21(27)3)37-29(32)22-8-12-24(34-4)13-9-22/h5,8-17H,1,6-7,18-19H2,2-4H3. The zero-order chi connectivity index (χ0) is 27.5. The van der Waals surface area contributed by atoms with Crippen LogP contribution in [-0.2, 0) is 9.53 Å². The highest BCUT2D eigenvalue weighted by molar-refractivity contribution is 5.92. The molecule has 0 aromatic heterocycles. The molecule has 3 aromatic rings. The van der Waals surface area contributed by atoms with E-state index in [9.17, 15) is 14.4 Å². The van der Waals surface area contributed by atoms with Crippen molar-refractivity contribution in [1.29, 1.82) is 0 Å². The summed E-state index contributed by atoms with van der Waals surface area (Å²) in [6.07, 6.45) is 2.50. The highest BCUT2D eigenvalue weighted by Crippen LogP contribution is 2.30. The van der Waals surface area contributed by atoms with Crippen LogP contribution in [0.4, 0.5) is 0 Å². The van der Waals surface area contributed by atoms with Gasteiger partial charge in [0.15, 0.2) is 0 Å². The van der Waals surface area contributed by atoms with Crippen molar-refractivity contribution in [2.24, 2.45) is 0 Å². The first-order chi connectivity index (χ1) is 18.3. The molecule has 0 fully saturated rings. The molecule has 0 heterocycles. The van der Waals surface area contributed by atoms with Crippen LogP contribution in [0.25, 0.3) is 0 Å². The van der Waals surface area contributed by atoms with Crippen LogP contribution in [-0.4, -0.2) is 38.2 Å². The first-order valence-electron chi connectivity index (χ1n) is 12.0. The molecule has 0 N–H and O–H groups in total. The predicted octanol–water partition coefficient (Wildman–Crippen LogP) is 5.64. The third-order valence-electron chi connectivity index (χ3n) is 5.73. The van der Waals surface area contributed by atoms with Crippen molar-refractivity contribution in [1.82, 2.24) is 0 Å². The average Bonchev–Trinajstić information content (AvgIpc) is 2.94. The van der Waals surface area contributed by atoms with Crippen LogP contribution in [0.5, 0.6) is 23.0 Å². The monoisotopic (exact) mass is 518 g/mol. The lowest BCUT2D eigenvalue weighted by molar-refractivity contribution is -0.137. The van der Waals surface area contributed by atoms with Gasteiger partial charge in [0, 0.05) is 6.08 Å². The summed E-state index contributed by atoms with van der Waals surface area (Å²) in [7, 11) is 1.55. The smallest absolute Gasteiger partial charge is 0.343 e. The van der Waals surface area contributed by atoms with Gasteiger partial charge in [-0.1, -0.05) is 6.58 Å². The molecule has 8 nitrogen and oxygen atoms in total. The minimum absolute atomic E-state index is 0.309. The van der Waals surface area contributed by atoms with Gasteiger partial charge in [0.2, 0.25) is 0 Å². The molecule has 38 heavy (non-hydrogen) atoms. The van der Waals surface area contributed by atoms with Gasteiger partial charge >= 0.3 is 17.9 Å². The molecule has 3 rings (SSSR count). The SMILES string of the molecule is C=CC(=O)OCCCCOc1ccc(C(=O)Oc2ccc(OC(=O)c3ccc(OC)cc3)c(C)c2C)cc1. The number of unbranched alkanes of at least 4 members (excludes halogenated alkanes) is 1. The number of carbonyl (C=O) groups is 3. The van der Waals surface area contributed by atoms with E-state index >= 15 is 0 Å². The molecule has 0 bridgehead atoms. The Kier molecular flexibility index (Phi) is 10.0. The minimum Gasteiger partial charge on any atom is -0.497 e. The molecule has 0 aliphatic heterocycles. The zero-order valence-corrected chi connectivity index (χ0v) is 21.7. The first kappa shape index (κ1) is 28.0. The van der Waals surface area contributed by atoms with Crippen molar-refractivity contribution in [3.8, 4) is 23.0 Å². The first-order valence-corrected chi connectivity index (χ1v) is 12.0. The van der Waals surface area contributed by atoms with Crippen molar-refractivity contribution >= 4 is 17.9 Å². The van der Waals surface area contributed by atoms with Gasteiger partial charge in [-0.15, -0.1) is 0 Å². The van der Waals surface area contributed by atoms with Gasteiger partial charge in [0.05, 0.1) is 31.5 Å². The molecule has 0 radical (unpaired) electrons. The number of rotatable bonds is 12. The lowest BCUT2D eigenvalue weighted by Crippen LogP contribution is -2.12. The Balaban J connectivity index is 1.53. The van der Waals surface area contributed by atoms with Crippen LogP contribution in [0.1, 0.15) is 44.7 Å². The van der Waals surface area contributed by atoms with E-state index in [1.54, 1.807) is 81.6 Å². The van der Waals surface area contributed by atoms with Crippen LogP contribution in [0, 0.1) is 13.8 Å². The molecule has 0 saturated carbocycles. The number of esters is 3. The number of hydrogen-bond acceptors (Lipinski definition) is 8. The van der Waals surface area contributed by atoms with Crippen molar-refractivity contribution in [2.45, 2.75) is 26.7 Å². The largest absolute Gasteiger partial charge is 0.497 e. The second kappa shape index (κ2) is 13.6. The van der Waals surface area contributed by atoms with Gasteiger partial charge < -0.3 is 23.7 Å². The summed E-state index contributed by atoms with van der Waals surface area (Å²) in [4.78, 5) is 36.2. The van der Waals surface area contributed by atoms with E-state index in [1.165, 1.54) is 0 Å². The maximum absolute atomic E-state index is 12.7. The van der Waals surface area contributed by atoms with Crippen LogP contribution >= 0.6 is 0 Å². The quantitative estimate of drug-likeness (QED) is 0.132. The summed E-state index contributed by atoms with van der Waals surface area (Å²) in [5.74, 6) is 0.534. The molecule has 0 aliphatic carbocycles. The fraction of sp³-hybridized carbons (Fsp3) is 0.233. The molecule has 0 aliphatic rings. The molecule has 0 spiro atoms. The second-order valence-corrected chi connectivity index (χ2v) is 8.27. The third kappa shape index (κ3) is 7.70. The average molecular weight is 519 g/mol. The third-order valence-corrected chi connectivity index (χ3v) is 5.73. The topological polar surface area (TPSA) is 97.4 Å². The number of benzene rings is 3. The minimum atomic E-state index is -0.522. The Hall–Kier alpha value is -4.59. The van der Waals surface area contributed by atoms with Gasteiger partial charge in [0.1, 0.15) is 23.0 Å². The van der Waals surface area contributed by atoms with Crippen LogP contribution in [0.2, 0.25) is 0 Å². The highest BCUT2D eigenvalue weighted by atomic mass is 16.5. The number of methoxy groups -OCH3 is 1. The summed E-state index contributed by atoms with van der Waals surface area (Å²) in [6, 6.07) is 16.4. The van der Waals surface area contributed by atoms with Crippen molar-refractivity contribution in [3.05, 3.63) is 95.6 Å². The fourth-order valence-electron chi connectivity index (χ4n) is 3.35. The zero-order valence-electron chi connectivity index (χ0n) is 21.7. The van der Waals surface area contributed by atoms with E-state index in [0.717, 1.165) is 6.08 Å². The Morgan fingerprint density at radius 1 is 0.711 bits per heavy atom.